The molecule has 1 saturated heterocycles. The Balaban J connectivity index is 3.11. The second-order valence-electron chi connectivity index (χ2n) is 9.04. The molecule has 1 rings (SSSR count). The van der Waals surface area contributed by atoms with Crippen LogP contribution in [0.4, 0.5) is 0 Å². The van der Waals surface area contributed by atoms with Crippen molar-refractivity contribution in [3.63, 3.8) is 0 Å². The first-order chi connectivity index (χ1) is 11.6. The highest BCUT2D eigenvalue weighted by molar-refractivity contribution is 7.88. The summed E-state index contributed by atoms with van der Waals surface area (Å²) >= 11 is 0. The van der Waals surface area contributed by atoms with Crippen LogP contribution in [0, 0.1) is 5.41 Å². The molecule has 1 aliphatic heterocycles. The standard InChI is InChI=1S/C18H36N2O5S/c1-14(17(2,3)4)25-15(16(21)19-9-11-24-12-10-19)13-20(18(5,6)7)26(8,22)23/h14-15H,9-13H2,1-8H3. The van der Waals surface area contributed by atoms with Crippen LogP contribution < -0.4 is 0 Å². The molecule has 1 fully saturated rings. The van der Waals surface area contributed by atoms with Crippen molar-refractivity contribution < 1.29 is 22.7 Å². The van der Waals surface area contributed by atoms with Crippen LogP contribution in [0.3, 0.4) is 0 Å². The maximum atomic E-state index is 13.1. The number of nitrogens with zero attached hydrogens (tertiary/aromatic N) is 2. The van der Waals surface area contributed by atoms with Gasteiger partial charge in [0.05, 0.1) is 25.6 Å². The average Bonchev–Trinajstić information content (AvgIpc) is 2.47. The molecule has 154 valence electrons. The van der Waals surface area contributed by atoms with Crippen molar-refractivity contribution in [2.45, 2.75) is 66.2 Å². The Morgan fingerprint density at radius 1 is 1.15 bits per heavy atom. The maximum Gasteiger partial charge on any atom is 0.253 e. The zero-order valence-electron chi connectivity index (χ0n) is 17.5. The smallest absolute Gasteiger partial charge is 0.253 e. The number of amides is 1. The van der Waals surface area contributed by atoms with Crippen LogP contribution in [0.25, 0.3) is 0 Å². The Hall–Kier alpha value is -0.700. The highest BCUT2D eigenvalue weighted by Crippen LogP contribution is 2.25. The largest absolute Gasteiger partial charge is 0.378 e. The Morgan fingerprint density at radius 2 is 1.65 bits per heavy atom. The molecule has 0 aromatic heterocycles. The van der Waals surface area contributed by atoms with E-state index >= 15 is 0 Å². The van der Waals surface area contributed by atoms with Gasteiger partial charge in [-0.15, -0.1) is 0 Å². The summed E-state index contributed by atoms with van der Waals surface area (Å²) in [7, 11) is -3.50. The van der Waals surface area contributed by atoms with Gasteiger partial charge in [0, 0.05) is 25.2 Å². The summed E-state index contributed by atoms with van der Waals surface area (Å²) in [6.07, 6.45) is 0.108. The van der Waals surface area contributed by atoms with Gasteiger partial charge in [0.15, 0.2) is 6.10 Å². The molecule has 0 N–H and O–H groups in total. The van der Waals surface area contributed by atoms with Gasteiger partial charge in [-0.2, -0.15) is 4.31 Å². The minimum atomic E-state index is -3.50. The third-order valence-electron chi connectivity index (χ3n) is 4.67. The first-order valence-electron chi connectivity index (χ1n) is 9.14. The van der Waals surface area contributed by atoms with Crippen molar-refractivity contribution in [1.29, 1.82) is 0 Å². The number of sulfonamides is 1. The van der Waals surface area contributed by atoms with E-state index in [4.69, 9.17) is 9.47 Å². The molecule has 0 spiro atoms. The molecule has 1 heterocycles. The fourth-order valence-corrected chi connectivity index (χ4v) is 4.08. The third-order valence-corrected chi connectivity index (χ3v) is 6.16. The van der Waals surface area contributed by atoms with Crippen LogP contribution in [0.1, 0.15) is 48.5 Å². The molecule has 8 heteroatoms. The molecule has 0 radical (unpaired) electrons. The number of morpholine rings is 1. The Labute approximate surface area is 159 Å². The minimum Gasteiger partial charge on any atom is -0.378 e. The van der Waals surface area contributed by atoms with E-state index in [1.54, 1.807) is 4.90 Å². The van der Waals surface area contributed by atoms with Gasteiger partial charge in [0.1, 0.15) is 0 Å². The van der Waals surface area contributed by atoms with E-state index < -0.39 is 21.7 Å². The fraction of sp³-hybridized carbons (Fsp3) is 0.944. The van der Waals surface area contributed by atoms with E-state index in [0.717, 1.165) is 0 Å². The number of ether oxygens (including phenoxy) is 2. The van der Waals surface area contributed by atoms with Gasteiger partial charge in [0.25, 0.3) is 5.91 Å². The van der Waals surface area contributed by atoms with Crippen molar-refractivity contribution in [2.75, 3.05) is 39.1 Å². The topological polar surface area (TPSA) is 76.2 Å². The van der Waals surface area contributed by atoms with Crippen molar-refractivity contribution in [3.8, 4) is 0 Å². The lowest BCUT2D eigenvalue weighted by atomic mass is 9.90. The number of rotatable bonds is 6. The van der Waals surface area contributed by atoms with E-state index in [-0.39, 0.29) is 24.0 Å². The van der Waals surface area contributed by atoms with Crippen LogP contribution >= 0.6 is 0 Å². The van der Waals surface area contributed by atoms with Gasteiger partial charge in [-0.3, -0.25) is 4.79 Å². The zero-order valence-corrected chi connectivity index (χ0v) is 18.4. The molecule has 1 aliphatic rings. The predicted octanol–water partition coefficient (Wildman–Crippen LogP) is 1.73. The molecule has 1 amide bonds. The molecule has 0 aromatic carbocycles. The molecule has 2 unspecified atom stereocenters. The van der Waals surface area contributed by atoms with Crippen molar-refractivity contribution in [2.24, 2.45) is 5.41 Å². The van der Waals surface area contributed by atoms with Crippen LogP contribution in [-0.2, 0) is 24.3 Å². The highest BCUT2D eigenvalue weighted by atomic mass is 32.2. The van der Waals surface area contributed by atoms with Gasteiger partial charge < -0.3 is 14.4 Å². The van der Waals surface area contributed by atoms with Crippen molar-refractivity contribution in [3.05, 3.63) is 0 Å². The van der Waals surface area contributed by atoms with Crippen LogP contribution in [-0.4, -0.2) is 80.4 Å². The lowest BCUT2D eigenvalue weighted by Crippen LogP contribution is -2.55. The van der Waals surface area contributed by atoms with E-state index in [1.807, 2.05) is 48.5 Å². The van der Waals surface area contributed by atoms with Gasteiger partial charge in [-0.1, -0.05) is 20.8 Å². The second-order valence-corrected chi connectivity index (χ2v) is 10.9. The summed E-state index contributed by atoms with van der Waals surface area (Å²) in [6, 6.07) is 0. The van der Waals surface area contributed by atoms with E-state index in [1.165, 1.54) is 10.6 Å². The summed E-state index contributed by atoms with van der Waals surface area (Å²) in [4.78, 5) is 14.8. The van der Waals surface area contributed by atoms with Gasteiger partial charge in [-0.25, -0.2) is 8.42 Å². The third kappa shape index (κ3) is 6.79. The number of hydrogen-bond donors (Lipinski definition) is 0. The molecule has 0 saturated carbocycles. The van der Waals surface area contributed by atoms with Crippen LogP contribution in [0.5, 0.6) is 0 Å². The lowest BCUT2D eigenvalue weighted by molar-refractivity contribution is -0.156. The van der Waals surface area contributed by atoms with Gasteiger partial charge in [0.2, 0.25) is 10.0 Å². The van der Waals surface area contributed by atoms with Crippen molar-refractivity contribution >= 4 is 15.9 Å². The normalized spacial score (nSPS) is 19.5. The Morgan fingerprint density at radius 3 is 2.04 bits per heavy atom. The average molecular weight is 393 g/mol. The van der Waals surface area contributed by atoms with Crippen LogP contribution in [0.2, 0.25) is 0 Å². The molecule has 0 aliphatic carbocycles. The summed E-state index contributed by atoms with van der Waals surface area (Å²) in [5.41, 5.74) is -0.813. The molecular weight excluding hydrogens is 356 g/mol. The Bertz CT molecular complexity index is 571. The molecule has 2 atom stereocenters. The zero-order chi connectivity index (χ0) is 20.3. The number of hydrogen-bond acceptors (Lipinski definition) is 5. The summed E-state index contributed by atoms with van der Waals surface area (Å²) in [5, 5.41) is 0. The molecule has 26 heavy (non-hydrogen) atoms. The lowest BCUT2D eigenvalue weighted by Gasteiger charge is -2.39. The molecule has 0 aromatic rings. The van der Waals surface area contributed by atoms with E-state index in [9.17, 15) is 13.2 Å². The second kappa shape index (κ2) is 8.54. The summed E-state index contributed by atoms with van der Waals surface area (Å²) in [6.45, 7) is 15.4. The summed E-state index contributed by atoms with van der Waals surface area (Å²) in [5.74, 6) is -0.178. The first kappa shape index (κ1) is 23.3. The fourth-order valence-electron chi connectivity index (χ4n) is 2.67. The van der Waals surface area contributed by atoms with E-state index in [2.05, 4.69) is 0 Å². The maximum absolute atomic E-state index is 13.1. The molecule has 7 nitrogen and oxygen atoms in total. The molecule has 0 bridgehead atoms. The van der Waals surface area contributed by atoms with Gasteiger partial charge >= 0.3 is 0 Å². The SMILES string of the molecule is CC(OC(CN(C(C)(C)C)S(C)(=O)=O)C(=O)N1CCOCC1)C(C)(C)C. The number of carbonyl (C=O) groups excluding carboxylic acids is 1. The predicted molar refractivity (Wildman–Crippen MR) is 102 cm³/mol. The van der Waals surface area contributed by atoms with Gasteiger partial charge in [-0.05, 0) is 33.1 Å². The first-order valence-corrected chi connectivity index (χ1v) is 11.0. The monoisotopic (exact) mass is 392 g/mol. The quantitative estimate of drug-likeness (QED) is 0.688. The highest BCUT2D eigenvalue weighted by Gasteiger charge is 2.38. The van der Waals surface area contributed by atoms with Crippen molar-refractivity contribution in [1.82, 2.24) is 9.21 Å². The number of carbonyl (C=O) groups is 1. The van der Waals surface area contributed by atoms with E-state index in [0.29, 0.717) is 26.3 Å². The Kier molecular flexibility index (Phi) is 7.67. The minimum absolute atomic E-state index is 0.00105. The summed E-state index contributed by atoms with van der Waals surface area (Å²) < 4.78 is 37.4. The molecular formula is C18H36N2O5S. The van der Waals surface area contributed by atoms with Crippen LogP contribution in [0.15, 0.2) is 0 Å².